The van der Waals surface area contributed by atoms with E-state index in [-0.39, 0.29) is 0 Å². The minimum atomic E-state index is -0.398. The standard InChI is InChI=1S/C10H16N2OS2/c1-7-10(15-6-5-14-7)9(13)8-3-4-11-12(8)2/h3-4,7,9-10,13H,5-6H2,1-2H3. The van der Waals surface area contributed by atoms with Gasteiger partial charge < -0.3 is 5.11 Å². The van der Waals surface area contributed by atoms with Crippen molar-refractivity contribution in [1.82, 2.24) is 9.78 Å². The molecule has 1 aliphatic rings. The molecule has 84 valence electrons. The average Bonchev–Trinajstić information content (AvgIpc) is 2.64. The molecule has 0 bridgehead atoms. The Morgan fingerprint density at radius 2 is 2.27 bits per heavy atom. The highest BCUT2D eigenvalue weighted by atomic mass is 32.2. The molecule has 0 radical (unpaired) electrons. The number of thioether (sulfide) groups is 2. The lowest BCUT2D eigenvalue weighted by Crippen LogP contribution is -2.30. The summed E-state index contributed by atoms with van der Waals surface area (Å²) in [6.45, 7) is 2.20. The molecule has 1 fully saturated rings. The van der Waals surface area contributed by atoms with Gasteiger partial charge in [-0.1, -0.05) is 6.92 Å². The predicted octanol–water partition coefficient (Wildman–Crippen LogP) is 1.69. The van der Waals surface area contributed by atoms with Crippen molar-refractivity contribution >= 4 is 23.5 Å². The highest BCUT2D eigenvalue weighted by Crippen LogP contribution is 2.38. The summed E-state index contributed by atoms with van der Waals surface area (Å²) in [4.78, 5) is 0. The molecule has 1 N–H and O–H groups in total. The molecule has 0 amide bonds. The predicted molar refractivity (Wildman–Crippen MR) is 66.3 cm³/mol. The Kier molecular flexibility index (Phi) is 3.64. The minimum absolute atomic E-state index is 0.291. The first-order valence-corrected chi connectivity index (χ1v) is 7.19. The first-order valence-electron chi connectivity index (χ1n) is 5.09. The molecule has 3 atom stereocenters. The van der Waals surface area contributed by atoms with Crippen LogP contribution in [0.2, 0.25) is 0 Å². The molecule has 15 heavy (non-hydrogen) atoms. The maximum atomic E-state index is 10.3. The number of nitrogens with zero attached hydrogens (tertiary/aromatic N) is 2. The van der Waals surface area contributed by atoms with Crippen LogP contribution in [0, 0.1) is 0 Å². The van der Waals surface area contributed by atoms with E-state index in [9.17, 15) is 5.11 Å². The van der Waals surface area contributed by atoms with Crippen molar-refractivity contribution in [3.05, 3.63) is 18.0 Å². The lowest BCUT2D eigenvalue weighted by Gasteiger charge is -2.31. The van der Waals surface area contributed by atoms with Crippen LogP contribution in [-0.4, -0.2) is 36.9 Å². The summed E-state index contributed by atoms with van der Waals surface area (Å²) in [6, 6.07) is 1.90. The zero-order valence-electron chi connectivity index (χ0n) is 8.96. The number of hydrogen-bond acceptors (Lipinski definition) is 4. The van der Waals surface area contributed by atoms with Gasteiger partial charge in [-0.3, -0.25) is 4.68 Å². The van der Waals surface area contributed by atoms with Crippen molar-refractivity contribution in [3.8, 4) is 0 Å². The van der Waals surface area contributed by atoms with Crippen LogP contribution in [0.5, 0.6) is 0 Å². The smallest absolute Gasteiger partial charge is 0.108 e. The van der Waals surface area contributed by atoms with Gasteiger partial charge in [0.25, 0.3) is 0 Å². The summed E-state index contributed by atoms with van der Waals surface area (Å²) in [5.74, 6) is 2.33. The van der Waals surface area contributed by atoms with E-state index in [1.54, 1.807) is 10.9 Å². The Hall–Kier alpha value is -0.130. The SMILES string of the molecule is CC1SCCSC1C(O)c1ccnn1C. The van der Waals surface area contributed by atoms with Gasteiger partial charge in [0, 0.05) is 35.3 Å². The van der Waals surface area contributed by atoms with Gasteiger partial charge in [0.2, 0.25) is 0 Å². The van der Waals surface area contributed by atoms with E-state index in [1.165, 1.54) is 5.75 Å². The van der Waals surface area contributed by atoms with Gasteiger partial charge in [0.05, 0.1) is 5.69 Å². The molecule has 1 aromatic heterocycles. The summed E-state index contributed by atoms with van der Waals surface area (Å²) in [5.41, 5.74) is 0.918. The molecule has 2 rings (SSSR count). The number of aromatic nitrogens is 2. The van der Waals surface area contributed by atoms with Gasteiger partial charge in [-0.2, -0.15) is 28.6 Å². The maximum absolute atomic E-state index is 10.3. The third kappa shape index (κ3) is 2.34. The second-order valence-corrected chi connectivity index (χ2v) is 6.51. The maximum Gasteiger partial charge on any atom is 0.108 e. The topological polar surface area (TPSA) is 38.1 Å². The van der Waals surface area contributed by atoms with E-state index in [0.29, 0.717) is 10.5 Å². The second-order valence-electron chi connectivity index (χ2n) is 3.74. The van der Waals surface area contributed by atoms with Gasteiger partial charge in [-0.05, 0) is 6.07 Å². The number of aryl methyl sites for hydroxylation is 1. The molecule has 0 aliphatic carbocycles. The fraction of sp³-hybridized carbons (Fsp3) is 0.700. The van der Waals surface area contributed by atoms with Crippen molar-refractivity contribution < 1.29 is 5.11 Å². The van der Waals surface area contributed by atoms with Gasteiger partial charge in [0.1, 0.15) is 6.10 Å². The molecule has 1 saturated heterocycles. The van der Waals surface area contributed by atoms with Crippen LogP contribution >= 0.6 is 23.5 Å². The molecule has 1 aliphatic heterocycles. The fourth-order valence-electron chi connectivity index (χ4n) is 1.84. The third-order valence-electron chi connectivity index (χ3n) is 2.71. The van der Waals surface area contributed by atoms with Crippen molar-refractivity contribution in [1.29, 1.82) is 0 Å². The molecule has 3 unspecified atom stereocenters. The molecule has 0 spiro atoms. The Bertz CT molecular complexity index is 329. The van der Waals surface area contributed by atoms with E-state index < -0.39 is 6.10 Å². The number of rotatable bonds is 2. The number of hydrogen-bond donors (Lipinski definition) is 1. The Balaban J connectivity index is 2.13. The third-order valence-corrected chi connectivity index (χ3v) is 5.89. The Morgan fingerprint density at radius 3 is 2.87 bits per heavy atom. The number of aliphatic hydroxyl groups is 1. The Labute approximate surface area is 98.6 Å². The van der Waals surface area contributed by atoms with Gasteiger partial charge >= 0.3 is 0 Å². The zero-order chi connectivity index (χ0) is 10.8. The van der Waals surface area contributed by atoms with E-state index in [1.807, 2.05) is 36.6 Å². The van der Waals surface area contributed by atoms with Gasteiger partial charge in [-0.25, -0.2) is 0 Å². The normalized spacial score (nSPS) is 29.0. The summed E-state index contributed by atoms with van der Waals surface area (Å²) in [7, 11) is 1.88. The lowest BCUT2D eigenvalue weighted by molar-refractivity contribution is 0.164. The monoisotopic (exact) mass is 244 g/mol. The van der Waals surface area contributed by atoms with E-state index in [4.69, 9.17) is 0 Å². The number of aliphatic hydroxyl groups excluding tert-OH is 1. The van der Waals surface area contributed by atoms with Crippen LogP contribution in [0.15, 0.2) is 12.3 Å². The largest absolute Gasteiger partial charge is 0.386 e. The molecule has 5 heteroatoms. The summed E-state index contributed by atoms with van der Waals surface area (Å²) in [6.07, 6.45) is 1.34. The van der Waals surface area contributed by atoms with Crippen LogP contribution < -0.4 is 0 Å². The van der Waals surface area contributed by atoms with Crippen molar-refractivity contribution in [2.24, 2.45) is 7.05 Å². The molecule has 3 nitrogen and oxygen atoms in total. The van der Waals surface area contributed by atoms with E-state index in [0.717, 1.165) is 11.4 Å². The molecule has 2 heterocycles. The van der Waals surface area contributed by atoms with Crippen LogP contribution in [0.3, 0.4) is 0 Å². The molecule has 0 saturated carbocycles. The zero-order valence-corrected chi connectivity index (χ0v) is 10.6. The molecule has 1 aromatic rings. The van der Waals surface area contributed by atoms with Gasteiger partial charge in [0.15, 0.2) is 0 Å². The highest BCUT2D eigenvalue weighted by Gasteiger charge is 2.31. The van der Waals surface area contributed by atoms with Crippen molar-refractivity contribution in [2.75, 3.05) is 11.5 Å². The van der Waals surface area contributed by atoms with Crippen LogP contribution in [0.4, 0.5) is 0 Å². The Morgan fingerprint density at radius 1 is 1.53 bits per heavy atom. The second kappa shape index (κ2) is 4.80. The fourth-order valence-corrected chi connectivity index (χ4v) is 4.66. The van der Waals surface area contributed by atoms with Gasteiger partial charge in [-0.15, -0.1) is 0 Å². The first kappa shape index (κ1) is 11.4. The summed E-state index contributed by atoms with van der Waals surface area (Å²) < 4.78 is 1.76. The summed E-state index contributed by atoms with van der Waals surface area (Å²) in [5, 5.41) is 15.2. The highest BCUT2D eigenvalue weighted by molar-refractivity contribution is 8.07. The van der Waals surface area contributed by atoms with Crippen LogP contribution in [-0.2, 0) is 7.05 Å². The molecule has 0 aromatic carbocycles. The molecular weight excluding hydrogens is 228 g/mol. The van der Waals surface area contributed by atoms with E-state index in [2.05, 4.69) is 12.0 Å². The average molecular weight is 244 g/mol. The molecular formula is C10H16N2OS2. The van der Waals surface area contributed by atoms with Crippen molar-refractivity contribution in [3.63, 3.8) is 0 Å². The minimum Gasteiger partial charge on any atom is -0.386 e. The lowest BCUT2D eigenvalue weighted by atomic mass is 10.1. The van der Waals surface area contributed by atoms with Crippen molar-refractivity contribution in [2.45, 2.75) is 23.5 Å². The van der Waals surface area contributed by atoms with E-state index >= 15 is 0 Å². The summed E-state index contributed by atoms with van der Waals surface area (Å²) >= 11 is 3.82. The quantitative estimate of drug-likeness (QED) is 0.859. The first-order chi connectivity index (χ1) is 7.20. The van der Waals surface area contributed by atoms with Crippen LogP contribution in [0.1, 0.15) is 18.7 Å². The van der Waals surface area contributed by atoms with Crippen LogP contribution in [0.25, 0.3) is 0 Å².